The van der Waals surface area contributed by atoms with Crippen LogP contribution >= 0.6 is 11.8 Å². The molecular formula is C19H14F2N2OS. The first-order valence-corrected chi connectivity index (χ1v) is 8.28. The second-order valence-electron chi connectivity index (χ2n) is 5.58. The number of nitrogens with zero attached hydrogens (tertiary/aromatic N) is 2. The normalized spacial score (nSPS) is 11.5. The Bertz CT molecular complexity index is 967. The molecule has 0 radical (unpaired) electrons. The van der Waals surface area contributed by atoms with Gasteiger partial charge in [0.2, 0.25) is 0 Å². The molecule has 0 N–H and O–H groups in total. The lowest BCUT2D eigenvalue weighted by molar-refractivity contribution is 0.129. The Kier molecular flexibility index (Phi) is 4.63. The Labute approximate surface area is 147 Å². The predicted octanol–water partition coefficient (Wildman–Crippen LogP) is 6.34. The van der Waals surface area contributed by atoms with Gasteiger partial charge < -0.3 is 0 Å². The minimum Gasteiger partial charge on any atom is -0.248 e. The Morgan fingerprint density at radius 3 is 2.68 bits per heavy atom. The molecule has 6 heteroatoms. The van der Waals surface area contributed by atoms with Crippen molar-refractivity contribution >= 4 is 28.4 Å². The van der Waals surface area contributed by atoms with Gasteiger partial charge in [0, 0.05) is 28.3 Å². The monoisotopic (exact) mass is 356 g/mol. The first-order chi connectivity index (χ1) is 11.9. The topological polar surface area (TPSA) is 42.3 Å². The molecule has 25 heavy (non-hydrogen) atoms. The molecule has 3 nitrogen and oxygen atoms in total. The van der Waals surface area contributed by atoms with Crippen molar-refractivity contribution < 1.29 is 8.78 Å². The third kappa shape index (κ3) is 4.09. The van der Waals surface area contributed by atoms with Gasteiger partial charge >= 0.3 is 0 Å². The second kappa shape index (κ2) is 6.72. The van der Waals surface area contributed by atoms with Crippen LogP contribution in [0.5, 0.6) is 0 Å². The summed E-state index contributed by atoms with van der Waals surface area (Å²) in [7, 11) is 0. The molecule has 0 aliphatic carbocycles. The van der Waals surface area contributed by atoms with E-state index in [1.165, 1.54) is 0 Å². The third-order valence-electron chi connectivity index (χ3n) is 3.56. The summed E-state index contributed by atoms with van der Waals surface area (Å²) in [6, 6.07) is 15.9. The van der Waals surface area contributed by atoms with Gasteiger partial charge in [-0.05, 0) is 35.5 Å². The largest absolute Gasteiger partial charge is 0.295 e. The van der Waals surface area contributed by atoms with E-state index in [0.29, 0.717) is 27.9 Å². The van der Waals surface area contributed by atoms with Crippen LogP contribution < -0.4 is 0 Å². The number of thioether (sulfide) groups is 1. The van der Waals surface area contributed by atoms with E-state index in [2.05, 4.69) is 16.7 Å². The van der Waals surface area contributed by atoms with E-state index >= 15 is 0 Å². The lowest BCUT2D eigenvalue weighted by atomic mass is 10.1. The minimum absolute atomic E-state index is 0.163. The van der Waals surface area contributed by atoms with Gasteiger partial charge in [-0.3, -0.25) is 0 Å². The number of halogens is 2. The molecule has 0 unspecified atom stereocenters. The Balaban J connectivity index is 1.98. The van der Waals surface area contributed by atoms with Crippen LogP contribution in [0.4, 0.5) is 8.78 Å². The number of hydrogen-bond acceptors (Lipinski definition) is 4. The summed E-state index contributed by atoms with van der Waals surface area (Å²) >= 11 is 0.510. The van der Waals surface area contributed by atoms with Gasteiger partial charge in [0.05, 0.1) is 11.2 Å². The lowest BCUT2D eigenvalue weighted by Gasteiger charge is -2.10. The molecule has 0 saturated heterocycles. The Morgan fingerprint density at radius 2 is 1.96 bits per heavy atom. The molecule has 126 valence electrons. The van der Waals surface area contributed by atoms with Gasteiger partial charge in [-0.25, -0.2) is 4.98 Å². The quantitative estimate of drug-likeness (QED) is 0.395. The molecule has 0 spiro atoms. The molecule has 1 aromatic heterocycles. The van der Waals surface area contributed by atoms with Crippen molar-refractivity contribution in [2.75, 3.05) is 0 Å². The highest BCUT2D eigenvalue weighted by Gasteiger charge is 2.22. The average Bonchev–Trinajstić information content (AvgIpc) is 2.59. The standard InChI is InChI=1S/C19H14F2N2OS/c1-12(23-24)13-6-8-18-15(10-13)7-9-17(22-18)14-4-3-5-16(11-14)25-19(2,20)21/h3-11H,1H2,2H3. The van der Waals surface area contributed by atoms with Crippen LogP contribution in [-0.2, 0) is 0 Å². The van der Waals surface area contributed by atoms with Crippen LogP contribution in [0.1, 0.15) is 12.5 Å². The number of hydrogen-bond donors (Lipinski definition) is 0. The summed E-state index contributed by atoms with van der Waals surface area (Å²) in [5.74, 6) is 0. The number of pyridine rings is 1. The first kappa shape index (κ1) is 17.2. The molecule has 0 saturated carbocycles. The first-order valence-electron chi connectivity index (χ1n) is 7.46. The van der Waals surface area contributed by atoms with Crippen molar-refractivity contribution in [2.45, 2.75) is 17.1 Å². The van der Waals surface area contributed by atoms with E-state index in [4.69, 9.17) is 0 Å². The summed E-state index contributed by atoms with van der Waals surface area (Å²) < 4.78 is 26.4. The molecule has 0 aliphatic heterocycles. The molecule has 0 bridgehead atoms. The number of rotatable bonds is 5. The van der Waals surface area contributed by atoms with E-state index in [1.807, 2.05) is 18.2 Å². The molecule has 0 fully saturated rings. The molecular weight excluding hydrogens is 342 g/mol. The van der Waals surface area contributed by atoms with Crippen molar-refractivity contribution in [1.82, 2.24) is 4.98 Å². The minimum atomic E-state index is -2.83. The van der Waals surface area contributed by atoms with E-state index in [9.17, 15) is 13.7 Å². The number of aromatic nitrogens is 1. The fourth-order valence-corrected chi connectivity index (χ4v) is 3.19. The number of nitroso groups, excluding NO2 is 1. The summed E-state index contributed by atoms with van der Waals surface area (Å²) in [4.78, 5) is 15.6. The van der Waals surface area contributed by atoms with Gasteiger partial charge in [0.25, 0.3) is 5.25 Å². The van der Waals surface area contributed by atoms with E-state index < -0.39 is 5.25 Å². The number of alkyl halides is 2. The van der Waals surface area contributed by atoms with Crippen molar-refractivity contribution in [2.24, 2.45) is 5.18 Å². The van der Waals surface area contributed by atoms with Crippen LogP contribution in [0.15, 0.2) is 71.2 Å². The lowest BCUT2D eigenvalue weighted by Crippen LogP contribution is -2.01. The molecule has 0 atom stereocenters. The van der Waals surface area contributed by atoms with Gasteiger partial charge in [-0.2, -0.15) is 8.78 Å². The number of benzene rings is 2. The molecule has 0 amide bonds. The second-order valence-corrected chi connectivity index (χ2v) is 6.97. The van der Waals surface area contributed by atoms with Crippen LogP contribution in [-0.4, -0.2) is 10.2 Å². The van der Waals surface area contributed by atoms with Gasteiger partial charge in [0.15, 0.2) is 0 Å². The maximum atomic E-state index is 13.2. The van der Waals surface area contributed by atoms with Gasteiger partial charge in [-0.15, -0.1) is 4.91 Å². The highest BCUT2D eigenvalue weighted by Crippen LogP contribution is 2.36. The summed E-state index contributed by atoms with van der Waals surface area (Å²) in [5.41, 5.74) is 2.99. The van der Waals surface area contributed by atoms with E-state index in [-0.39, 0.29) is 5.70 Å². The summed E-state index contributed by atoms with van der Waals surface area (Å²) in [6.07, 6.45) is 0. The molecule has 2 aromatic carbocycles. The fourth-order valence-electron chi connectivity index (χ4n) is 2.44. The highest BCUT2D eigenvalue weighted by atomic mass is 32.2. The van der Waals surface area contributed by atoms with Crippen LogP contribution in [0.3, 0.4) is 0 Å². The smallest absolute Gasteiger partial charge is 0.248 e. The van der Waals surface area contributed by atoms with Gasteiger partial charge in [-0.1, -0.05) is 42.6 Å². The SMILES string of the molecule is C=C(N=O)c1ccc2nc(-c3cccc(SC(C)(F)F)c3)ccc2c1. The average molecular weight is 356 g/mol. The van der Waals surface area contributed by atoms with Crippen LogP contribution in [0, 0.1) is 4.91 Å². The van der Waals surface area contributed by atoms with E-state index in [1.54, 1.807) is 36.4 Å². The molecule has 3 aromatic rings. The van der Waals surface area contributed by atoms with Gasteiger partial charge in [0.1, 0.15) is 5.70 Å². The third-order valence-corrected chi connectivity index (χ3v) is 4.41. The molecule has 1 heterocycles. The van der Waals surface area contributed by atoms with Crippen molar-refractivity contribution in [3.63, 3.8) is 0 Å². The maximum Gasteiger partial charge on any atom is 0.295 e. The van der Waals surface area contributed by atoms with Crippen LogP contribution in [0.2, 0.25) is 0 Å². The zero-order valence-electron chi connectivity index (χ0n) is 13.4. The van der Waals surface area contributed by atoms with Crippen molar-refractivity contribution in [3.05, 3.63) is 71.6 Å². The molecule has 0 aliphatic rings. The van der Waals surface area contributed by atoms with E-state index in [0.717, 1.165) is 23.4 Å². The summed E-state index contributed by atoms with van der Waals surface area (Å²) in [6.45, 7) is 4.46. The summed E-state index contributed by atoms with van der Waals surface area (Å²) in [5, 5.41) is 0.853. The van der Waals surface area contributed by atoms with Crippen LogP contribution in [0.25, 0.3) is 27.9 Å². The maximum absolute atomic E-state index is 13.2. The molecule has 3 rings (SSSR count). The van der Waals surface area contributed by atoms with Crippen molar-refractivity contribution in [3.8, 4) is 11.3 Å². The Morgan fingerprint density at radius 1 is 1.16 bits per heavy atom. The Hall–Kier alpha value is -2.60. The highest BCUT2D eigenvalue weighted by molar-refractivity contribution is 8.00. The zero-order valence-corrected chi connectivity index (χ0v) is 14.2. The number of fused-ring (bicyclic) bond motifs is 1. The van der Waals surface area contributed by atoms with Crippen molar-refractivity contribution in [1.29, 1.82) is 0 Å². The predicted molar refractivity (Wildman–Crippen MR) is 98.5 cm³/mol. The fraction of sp³-hybridized carbons (Fsp3) is 0.105. The zero-order chi connectivity index (χ0) is 18.0.